The molecule has 0 heterocycles. The Labute approximate surface area is 103 Å². The van der Waals surface area contributed by atoms with Gasteiger partial charge in [0.2, 0.25) is 0 Å². The van der Waals surface area contributed by atoms with E-state index in [1.807, 2.05) is 0 Å². The van der Waals surface area contributed by atoms with Gasteiger partial charge in [-0.2, -0.15) is 0 Å². The fourth-order valence-corrected chi connectivity index (χ4v) is 5.02. The maximum atomic E-state index is 10.7. The van der Waals surface area contributed by atoms with E-state index in [2.05, 4.69) is 0 Å². The van der Waals surface area contributed by atoms with E-state index < -0.39 is 26.6 Å². The number of rotatable bonds is 6. The molecule has 0 saturated carbocycles. The van der Waals surface area contributed by atoms with Crippen LogP contribution in [0.3, 0.4) is 0 Å². The molecule has 0 radical (unpaired) electrons. The summed E-state index contributed by atoms with van der Waals surface area (Å²) in [5.74, 6) is -1.28. The Hall–Kier alpha value is -1.48. The molecular weight excluding hydrogens is 287 g/mol. The first-order valence-corrected chi connectivity index (χ1v) is 8.44. The van der Waals surface area contributed by atoms with Crippen molar-refractivity contribution < 1.29 is 24.5 Å². The maximum absolute atomic E-state index is 10.7. The Morgan fingerprint density at radius 3 is 2.29 bits per heavy atom. The molecular formula is C11H13AsO5. The standard InChI is InChI=1S/C11H13AsO5/c1-17-9-4-2-3-8(5-9)12(6-10(13)14)7-11(15)16/h2-5H,6-7H2,1H3,(H,13,14)(H,15,16). The molecule has 0 bridgehead atoms. The van der Waals surface area contributed by atoms with Gasteiger partial charge in [-0.3, -0.25) is 0 Å². The number of carboxylic acid groups (broad SMARTS) is 2. The van der Waals surface area contributed by atoms with Crippen LogP contribution in [0.5, 0.6) is 5.75 Å². The van der Waals surface area contributed by atoms with Gasteiger partial charge >= 0.3 is 103 Å². The summed E-state index contributed by atoms with van der Waals surface area (Å²) >= 11 is -2.10. The minimum absolute atomic E-state index is 0.0630. The SMILES string of the molecule is COc1cccc([As](CC(=O)O)CC(=O)O)c1. The van der Waals surface area contributed by atoms with Gasteiger partial charge in [-0.1, -0.05) is 0 Å². The molecule has 0 unspecified atom stereocenters. The molecule has 1 rings (SSSR count). The van der Waals surface area contributed by atoms with Crippen LogP contribution in [0.1, 0.15) is 0 Å². The summed E-state index contributed by atoms with van der Waals surface area (Å²) in [5, 5.41) is 17.5. The first-order chi connectivity index (χ1) is 8.02. The molecule has 6 heteroatoms. The monoisotopic (exact) mass is 300 g/mol. The molecule has 1 aromatic carbocycles. The Morgan fingerprint density at radius 2 is 1.82 bits per heavy atom. The van der Waals surface area contributed by atoms with Gasteiger partial charge in [0.05, 0.1) is 0 Å². The first-order valence-electron chi connectivity index (χ1n) is 4.85. The van der Waals surface area contributed by atoms with Crippen molar-refractivity contribution in [3.05, 3.63) is 24.3 Å². The van der Waals surface area contributed by atoms with Crippen LogP contribution in [0.15, 0.2) is 24.3 Å². The Kier molecular flexibility index (Phi) is 5.04. The van der Waals surface area contributed by atoms with Crippen LogP contribution in [0.4, 0.5) is 0 Å². The molecule has 0 amide bonds. The predicted octanol–water partition coefficient (Wildman–Crippen LogP) is 0.566. The second-order valence-corrected chi connectivity index (χ2v) is 8.02. The molecule has 0 aliphatic rings. The number of benzene rings is 1. The zero-order valence-electron chi connectivity index (χ0n) is 9.29. The van der Waals surface area contributed by atoms with Crippen molar-refractivity contribution in [1.82, 2.24) is 0 Å². The van der Waals surface area contributed by atoms with E-state index in [0.717, 1.165) is 4.35 Å². The molecule has 0 aliphatic carbocycles. The van der Waals surface area contributed by atoms with Gasteiger partial charge in [0.25, 0.3) is 0 Å². The van der Waals surface area contributed by atoms with E-state index >= 15 is 0 Å². The molecule has 0 aliphatic heterocycles. The van der Waals surface area contributed by atoms with E-state index in [9.17, 15) is 9.59 Å². The van der Waals surface area contributed by atoms with Gasteiger partial charge in [0.1, 0.15) is 0 Å². The van der Waals surface area contributed by atoms with Gasteiger partial charge in [0.15, 0.2) is 0 Å². The molecule has 0 saturated heterocycles. The zero-order valence-corrected chi connectivity index (χ0v) is 11.2. The summed E-state index contributed by atoms with van der Waals surface area (Å²) in [4.78, 5) is 21.5. The van der Waals surface area contributed by atoms with E-state index in [-0.39, 0.29) is 10.4 Å². The van der Waals surface area contributed by atoms with Crippen molar-refractivity contribution in [3.8, 4) is 5.75 Å². The minimum atomic E-state index is -2.10. The van der Waals surface area contributed by atoms with Crippen LogP contribution >= 0.6 is 0 Å². The third-order valence-electron chi connectivity index (χ3n) is 2.07. The topological polar surface area (TPSA) is 83.8 Å². The quantitative estimate of drug-likeness (QED) is 0.750. The van der Waals surface area contributed by atoms with E-state index in [1.165, 1.54) is 7.11 Å². The number of carbonyl (C=O) groups is 2. The summed E-state index contributed by atoms with van der Waals surface area (Å²) < 4.78 is 5.85. The number of hydrogen-bond donors (Lipinski definition) is 2. The fraction of sp³-hybridized carbons (Fsp3) is 0.273. The summed E-state index contributed by atoms with van der Waals surface area (Å²) in [5.41, 5.74) is 0. The number of hydrogen-bond acceptors (Lipinski definition) is 3. The summed E-state index contributed by atoms with van der Waals surface area (Å²) in [6.07, 6.45) is 0. The van der Waals surface area contributed by atoms with E-state index in [0.29, 0.717) is 5.75 Å². The summed E-state index contributed by atoms with van der Waals surface area (Å²) in [6, 6.07) is 7.00. The van der Waals surface area contributed by atoms with Crippen LogP contribution in [0.25, 0.3) is 0 Å². The molecule has 17 heavy (non-hydrogen) atoms. The molecule has 0 spiro atoms. The summed E-state index contributed by atoms with van der Waals surface area (Å²) in [7, 11) is 1.52. The van der Waals surface area contributed by atoms with Gasteiger partial charge in [-0.15, -0.1) is 0 Å². The third-order valence-corrected chi connectivity index (χ3v) is 6.92. The van der Waals surface area contributed by atoms with Crippen LogP contribution in [-0.2, 0) is 9.59 Å². The number of ether oxygens (including phenoxy) is 1. The third kappa shape index (κ3) is 4.49. The van der Waals surface area contributed by atoms with Crippen molar-refractivity contribution in [2.45, 2.75) is 10.4 Å². The molecule has 92 valence electrons. The van der Waals surface area contributed by atoms with Gasteiger partial charge in [-0.05, 0) is 0 Å². The molecule has 5 nitrogen and oxygen atoms in total. The van der Waals surface area contributed by atoms with Gasteiger partial charge in [0, 0.05) is 0 Å². The van der Waals surface area contributed by atoms with Gasteiger partial charge < -0.3 is 0 Å². The molecule has 2 N–H and O–H groups in total. The average Bonchev–Trinajstić information content (AvgIpc) is 2.27. The first kappa shape index (κ1) is 13.6. The molecule has 0 aromatic heterocycles. The van der Waals surface area contributed by atoms with E-state index in [1.54, 1.807) is 24.3 Å². The second kappa shape index (κ2) is 6.30. The summed E-state index contributed by atoms with van der Waals surface area (Å²) in [6.45, 7) is 0. The van der Waals surface area contributed by atoms with Crippen molar-refractivity contribution in [2.24, 2.45) is 0 Å². The second-order valence-electron chi connectivity index (χ2n) is 3.35. The van der Waals surface area contributed by atoms with Crippen molar-refractivity contribution in [3.63, 3.8) is 0 Å². The van der Waals surface area contributed by atoms with Gasteiger partial charge in [-0.25, -0.2) is 0 Å². The van der Waals surface area contributed by atoms with Crippen LogP contribution < -0.4 is 9.09 Å². The normalized spacial score (nSPS) is 10.2. The number of carboxylic acids is 2. The molecule has 0 atom stereocenters. The van der Waals surface area contributed by atoms with Crippen LogP contribution in [0, 0.1) is 0 Å². The average molecular weight is 300 g/mol. The fourth-order valence-electron chi connectivity index (χ4n) is 1.37. The molecule has 1 aromatic rings. The van der Waals surface area contributed by atoms with Crippen molar-refractivity contribution >= 4 is 30.9 Å². The van der Waals surface area contributed by atoms with Crippen molar-refractivity contribution in [2.75, 3.05) is 7.11 Å². The zero-order chi connectivity index (χ0) is 12.8. The number of aliphatic carboxylic acids is 2. The molecule has 0 fully saturated rings. The van der Waals surface area contributed by atoms with Crippen molar-refractivity contribution in [1.29, 1.82) is 0 Å². The Balaban J connectivity index is 2.94. The van der Waals surface area contributed by atoms with E-state index in [4.69, 9.17) is 14.9 Å². The Bertz CT molecular complexity index is 402. The predicted molar refractivity (Wildman–Crippen MR) is 63.3 cm³/mol. The Morgan fingerprint density at radius 1 is 1.24 bits per heavy atom. The van der Waals surface area contributed by atoms with Crippen LogP contribution in [-0.4, -0.2) is 43.9 Å². The number of methoxy groups -OCH3 is 1. The van der Waals surface area contributed by atoms with Crippen LogP contribution in [0.2, 0.25) is 10.4 Å².